The van der Waals surface area contributed by atoms with Crippen LogP contribution in [0.25, 0.3) is 10.9 Å². The van der Waals surface area contributed by atoms with E-state index < -0.39 is 0 Å². The number of pyridine rings is 1. The molecule has 0 saturated heterocycles. The van der Waals surface area contributed by atoms with Crippen LogP contribution in [0, 0.1) is 12.7 Å². The molecule has 21 heavy (non-hydrogen) atoms. The van der Waals surface area contributed by atoms with E-state index in [1.807, 2.05) is 37.3 Å². The average Bonchev–Trinajstić information content (AvgIpc) is 2.48. The second-order valence-electron chi connectivity index (χ2n) is 4.80. The van der Waals surface area contributed by atoms with E-state index in [0.717, 1.165) is 22.2 Å². The molecule has 0 aliphatic rings. The van der Waals surface area contributed by atoms with Gasteiger partial charge in [-0.3, -0.25) is 4.98 Å². The number of hydrogen-bond acceptors (Lipinski definition) is 2. The van der Waals surface area contributed by atoms with Gasteiger partial charge < -0.3 is 4.74 Å². The summed E-state index contributed by atoms with van der Waals surface area (Å²) in [6, 6.07) is 14.7. The highest BCUT2D eigenvalue weighted by atomic mass is 79.9. The van der Waals surface area contributed by atoms with E-state index in [1.54, 1.807) is 12.1 Å². The smallest absolute Gasteiger partial charge is 0.141 e. The number of nitrogens with zero attached hydrogens (tertiary/aromatic N) is 1. The molecule has 3 aromatic rings. The Bertz CT molecular complexity index is 804. The fourth-order valence-electron chi connectivity index (χ4n) is 2.24. The van der Waals surface area contributed by atoms with Crippen LogP contribution < -0.4 is 4.74 Å². The second-order valence-corrected chi connectivity index (χ2v) is 5.66. The molecule has 0 radical (unpaired) electrons. The van der Waals surface area contributed by atoms with Gasteiger partial charge in [-0.1, -0.05) is 18.2 Å². The molecule has 106 valence electrons. The van der Waals surface area contributed by atoms with Crippen LogP contribution >= 0.6 is 15.9 Å². The van der Waals surface area contributed by atoms with Gasteiger partial charge in [-0.15, -0.1) is 0 Å². The lowest BCUT2D eigenvalue weighted by atomic mass is 10.1. The van der Waals surface area contributed by atoms with Crippen LogP contribution in [0.3, 0.4) is 0 Å². The molecule has 0 aliphatic heterocycles. The number of benzene rings is 2. The lowest BCUT2D eigenvalue weighted by Crippen LogP contribution is -1.99. The molecule has 1 aromatic heterocycles. The first-order chi connectivity index (χ1) is 10.1. The Morgan fingerprint density at radius 2 is 1.95 bits per heavy atom. The monoisotopic (exact) mass is 345 g/mol. The van der Waals surface area contributed by atoms with Crippen LogP contribution in [-0.2, 0) is 6.61 Å². The number of ether oxygens (including phenoxy) is 1. The number of aryl methyl sites for hydroxylation is 1. The minimum Gasteiger partial charge on any atom is -0.489 e. The van der Waals surface area contributed by atoms with E-state index in [9.17, 15) is 4.39 Å². The Morgan fingerprint density at radius 3 is 2.76 bits per heavy atom. The van der Waals surface area contributed by atoms with Gasteiger partial charge >= 0.3 is 0 Å². The second kappa shape index (κ2) is 5.82. The molecule has 0 bridgehead atoms. The van der Waals surface area contributed by atoms with Crippen molar-refractivity contribution in [1.29, 1.82) is 0 Å². The predicted molar refractivity (Wildman–Crippen MR) is 84.9 cm³/mol. The normalized spacial score (nSPS) is 10.8. The van der Waals surface area contributed by atoms with E-state index in [-0.39, 0.29) is 5.82 Å². The molecule has 0 N–H and O–H groups in total. The standard InChI is InChI=1S/C17H13BrFNO/c1-11-8-12(14-4-2-3-5-17(14)20-11)10-21-13-6-7-15(18)16(19)9-13/h2-9H,10H2,1H3. The van der Waals surface area contributed by atoms with Crippen LogP contribution in [0.4, 0.5) is 4.39 Å². The van der Waals surface area contributed by atoms with Gasteiger partial charge in [-0.25, -0.2) is 4.39 Å². The van der Waals surface area contributed by atoms with Crippen molar-refractivity contribution in [2.75, 3.05) is 0 Å². The minimum absolute atomic E-state index is 0.330. The van der Waals surface area contributed by atoms with Crippen LogP contribution in [0.15, 0.2) is 53.0 Å². The van der Waals surface area contributed by atoms with Crippen LogP contribution in [0.5, 0.6) is 5.75 Å². The van der Waals surface area contributed by atoms with Crippen molar-refractivity contribution in [3.8, 4) is 5.75 Å². The molecule has 0 spiro atoms. The van der Waals surface area contributed by atoms with Crippen molar-refractivity contribution in [1.82, 2.24) is 4.98 Å². The van der Waals surface area contributed by atoms with Gasteiger partial charge in [-0.2, -0.15) is 0 Å². The summed E-state index contributed by atoms with van der Waals surface area (Å²) in [7, 11) is 0. The van der Waals surface area contributed by atoms with Crippen molar-refractivity contribution in [2.24, 2.45) is 0 Å². The topological polar surface area (TPSA) is 22.1 Å². The van der Waals surface area contributed by atoms with Crippen molar-refractivity contribution in [3.63, 3.8) is 0 Å². The third kappa shape index (κ3) is 3.05. The Hall–Kier alpha value is -1.94. The highest BCUT2D eigenvalue weighted by Crippen LogP contribution is 2.23. The van der Waals surface area contributed by atoms with Crippen LogP contribution in [0.2, 0.25) is 0 Å². The fraction of sp³-hybridized carbons (Fsp3) is 0.118. The Morgan fingerprint density at radius 1 is 1.14 bits per heavy atom. The molecule has 0 aliphatic carbocycles. The lowest BCUT2D eigenvalue weighted by molar-refractivity contribution is 0.306. The SMILES string of the molecule is Cc1cc(COc2ccc(Br)c(F)c2)c2ccccc2n1. The summed E-state index contributed by atoms with van der Waals surface area (Å²) in [6.45, 7) is 2.33. The largest absolute Gasteiger partial charge is 0.489 e. The van der Waals surface area contributed by atoms with Gasteiger partial charge in [-0.05, 0) is 47.1 Å². The molecular formula is C17H13BrFNO. The molecule has 0 fully saturated rings. The Kier molecular flexibility index (Phi) is 3.88. The van der Waals surface area contributed by atoms with E-state index >= 15 is 0 Å². The number of para-hydroxylation sites is 1. The van der Waals surface area contributed by atoms with Gasteiger partial charge in [0.2, 0.25) is 0 Å². The first kappa shape index (κ1) is 14.0. The van der Waals surface area contributed by atoms with Crippen molar-refractivity contribution in [2.45, 2.75) is 13.5 Å². The van der Waals surface area contributed by atoms with E-state index in [1.165, 1.54) is 6.07 Å². The molecule has 4 heteroatoms. The van der Waals surface area contributed by atoms with E-state index in [4.69, 9.17) is 4.74 Å². The molecule has 0 amide bonds. The van der Waals surface area contributed by atoms with Gasteiger partial charge in [0.1, 0.15) is 18.2 Å². The first-order valence-electron chi connectivity index (χ1n) is 6.56. The number of aromatic nitrogens is 1. The zero-order chi connectivity index (χ0) is 14.8. The number of fused-ring (bicyclic) bond motifs is 1. The quantitative estimate of drug-likeness (QED) is 0.664. The maximum atomic E-state index is 13.5. The summed E-state index contributed by atoms with van der Waals surface area (Å²) < 4.78 is 19.6. The van der Waals surface area contributed by atoms with Gasteiger partial charge in [0.15, 0.2) is 0 Å². The van der Waals surface area contributed by atoms with Crippen molar-refractivity contribution in [3.05, 3.63) is 70.1 Å². The van der Waals surface area contributed by atoms with Gasteiger partial charge in [0, 0.05) is 22.7 Å². The molecule has 2 aromatic carbocycles. The predicted octanol–water partition coefficient (Wildman–Crippen LogP) is 5.02. The van der Waals surface area contributed by atoms with Gasteiger partial charge in [0.05, 0.1) is 9.99 Å². The number of rotatable bonds is 3. The molecular weight excluding hydrogens is 333 g/mol. The number of hydrogen-bond donors (Lipinski definition) is 0. The Labute approximate surface area is 130 Å². The van der Waals surface area contributed by atoms with E-state index in [0.29, 0.717) is 16.8 Å². The number of halogens is 2. The fourth-order valence-corrected chi connectivity index (χ4v) is 2.49. The van der Waals surface area contributed by atoms with Crippen LogP contribution in [0.1, 0.15) is 11.3 Å². The molecule has 2 nitrogen and oxygen atoms in total. The van der Waals surface area contributed by atoms with E-state index in [2.05, 4.69) is 20.9 Å². The third-order valence-corrected chi connectivity index (χ3v) is 3.86. The summed E-state index contributed by atoms with van der Waals surface area (Å²) in [5, 5.41) is 1.06. The summed E-state index contributed by atoms with van der Waals surface area (Å²) >= 11 is 3.13. The molecule has 0 atom stereocenters. The molecule has 3 rings (SSSR count). The summed E-state index contributed by atoms with van der Waals surface area (Å²) in [5.41, 5.74) is 2.92. The summed E-state index contributed by atoms with van der Waals surface area (Å²) in [5.74, 6) is 0.178. The van der Waals surface area contributed by atoms with Crippen LogP contribution in [-0.4, -0.2) is 4.98 Å². The maximum absolute atomic E-state index is 13.5. The van der Waals surface area contributed by atoms with Crippen molar-refractivity contribution >= 4 is 26.8 Å². The maximum Gasteiger partial charge on any atom is 0.141 e. The average molecular weight is 346 g/mol. The first-order valence-corrected chi connectivity index (χ1v) is 7.36. The highest BCUT2D eigenvalue weighted by Gasteiger charge is 2.06. The minimum atomic E-state index is -0.330. The highest BCUT2D eigenvalue weighted by molar-refractivity contribution is 9.10. The van der Waals surface area contributed by atoms with Gasteiger partial charge in [0.25, 0.3) is 0 Å². The lowest BCUT2D eigenvalue weighted by Gasteiger charge is -2.10. The zero-order valence-corrected chi connectivity index (χ0v) is 13.0. The summed E-state index contributed by atoms with van der Waals surface area (Å²) in [4.78, 5) is 4.50. The third-order valence-electron chi connectivity index (χ3n) is 3.22. The van der Waals surface area contributed by atoms with Crippen molar-refractivity contribution < 1.29 is 9.13 Å². The zero-order valence-electron chi connectivity index (χ0n) is 11.4. The summed E-state index contributed by atoms with van der Waals surface area (Å²) in [6.07, 6.45) is 0. The molecule has 1 heterocycles. The Balaban J connectivity index is 1.89. The molecule has 0 unspecified atom stereocenters. The molecule has 0 saturated carbocycles.